The van der Waals surface area contributed by atoms with Gasteiger partial charge in [0.1, 0.15) is 18.3 Å². The Balaban J connectivity index is 2.89. The molecule has 0 amide bonds. The summed E-state index contributed by atoms with van der Waals surface area (Å²) in [6.45, 7) is 1.19. The lowest BCUT2D eigenvalue weighted by atomic mass is 9.92. The quantitative estimate of drug-likeness (QED) is 0.296. The van der Waals surface area contributed by atoms with Gasteiger partial charge in [-0.15, -0.1) is 0 Å². The second kappa shape index (κ2) is 3.44. The summed E-state index contributed by atoms with van der Waals surface area (Å²) in [5.74, 6) is -4.12. The summed E-state index contributed by atoms with van der Waals surface area (Å²) in [4.78, 5) is 10.5. The number of aliphatic carboxylic acids is 1. The van der Waals surface area contributed by atoms with Gasteiger partial charge < -0.3 is 30.3 Å². The Labute approximate surface area is 79.2 Å². The molecule has 0 aromatic heterocycles. The summed E-state index contributed by atoms with van der Waals surface area (Å²) in [6.07, 6.45) is -6.82. The van der Waals surface area contributed by atoms with Crippen molar-refractivity contribution in [3.63, 3.8) is 0 Å². The molecule has 0 spiro atoms. The second-order valence-corrected chi connectivity index (χ2v) is 3.26. The van der Waals surface area contributed by atoms with Gasteiger partial charge in [-0.3, -0.25) is 0 Å². The molecule has 7 nitrogen and oxygen atoms in total. The van der Waals surface area contributed by atoms with E-state index in [9.17, 15) is 25.2 Å². The van der Waals surface area contributed by atoms with Gasteiger partial charge >= 0.3 is 5.97 Å². The van der Waals surface area contributed by atoms with E-state index in [-0.39, 0.29) is 0 Å². The maximum absolute atomic E-state index is 10.5. The number of hydrogen-bond acceptors (Lipinski definition) is 6. The summed E-state index contributed by atoms with van der Waals surface area (Å²) in [7, 11) is 0. The van der Waals surface area contributed by atoms with Gasteiger partial charge in [0.25, 0.3) is 0 Å². The Kier molecular flexibility index (Phi) is 2.79. The van der Waals surface area contributed by atoms with Crippen molar-refractivity contribution in [2.45, 2.75) is 37.1 Å². The summed E-state index contributed by atoms with van der Waals surface area (Å²) < 4.78 is 4.64. The van der Waals surface area contributed by atoms with Gasteiger partial charge in [-0.25, -0.2) is 4.79 Å². The fraction of sp³-hybridized carbons (Fsp3) is 0.857. The van der Waals surface area contributed by atoms with Gasteiger partial charge in [0, 0.05) is 0 Å². The maximum Gasteiger partial charge on any atom is 0.335 e. The molecule has 1 aliphatic heterocycles. The number of rotatable bonds is 1. The molecule has 0 aliphatic carbocycles. The van der Waals surface area contributed by atoms with Crippen LogP contribution in [0, 0.1) is 0 Å². The smallest absolute Gasteiger partial charge is 0.335 e. The van der Waals surface area contributed by atoms with Crippen LogP contribution in [0.5, 0.6) is 0 Å². The number of aliphatic hydroxyl groups is 4. The summed E-state index contributed by atoms with van der Waals surface area (Å²) in [6, 6.07) is 0. The van der Waals surface area contributed by atoms with E-state index in [2.05, 4.69) is 4.74 Å². The fourth-order valence-corrected chi connectivity index (χ4v) is 1.26. The number of aliphatic hydroxyl groups excluding tert-OH is 2. The zero-order valence-corrected chi connectivity index (χ0v) is 7.36. The van der Waals surface area contributed by atoms with E-state index < -0.39 is 36.2 Å². The van der Waals surface area contributed by atoms with E-state index in [0.29, 0.717) is 0 Å². The molecule has 1 saturated heterocycles. The van der Waals surface area contributed by atoms with Crippen molar-refractivity contribution >= 4 is 5.97 Å². The van der Waals surface area contributed by atoms with Crippen LogP contribution in [0.4, 0.5) is 0 Å². The van der Waals surface area contributed by atoms with E-state index in [1.165, 1.54) is 6.92 Å². The Morgan fingerprint density at radius 2 is 1.86 bits per heavy atom. The van der Waals surface area contributed by atoms with E-state index in [1.807, 2.05) is 0 Å². The third-order valence-corrected chi connectivity index (χ3v) is 2.26. The highest BCUT2D eigenvalue weighted by Gasteiger charge is 2.54. The average molecular weight is 208 g/mol. The molecule has 0 bridgehead atoms. The zero-order chi connectivity index (χ0) is 11.1. The minimum Gasteiger partial charge on any atom is -0.479 e. The fourth-order valence-electron chi connectivity index (χ4n) is 1.26. The highest BCUT2D eigenvalue weighted by Crippen LogP contribution is 2.27. The predicted octanol–water partition coefficient (Wildman–Crippen LogP) is -2.74. The van der Waals surface area contributed by atoms with Crippen LogP contribution in [0.3, 0.4) is 0 Å². The lowest BCUT2D eigenvalue weighted by Gasteiger charge is -2.42. The number of ether oxygens (including phenoxy) is 1. The van der Waals surface area contributed by atoms with Gasteiger partial charge in [0.05, 0.1) is 0 Å². The summed E-state index contributed by atoms with van der Waals surface area (Å²) in [5.41, 5.74) is 0. The Bertz CT molecular complexity index is 238. The van der Waals surface area contributed by atoms with Crippen LogP contribution in [0.1, 0.15) is 6.92 Å². The van der Waals surface area contributed by atoms with Crippen molar-refractivity contribution in [3.8, 4) is 0 Å². The van der Waals surface area contributed by atoms with Crippen LogP contribution in [0.2, 0.25) is 0 Å². The first-order valence-electron chi connectivity index (χ1n) is 3.97. The molecule has 7 heteroatoms. The molecule has 1 fully saturated rings. The molecule has 14 heavy (non-hydrogen) atoms. The van der Waals surface area contributed by atoms with Gasteiger partial charge in [-0.2, -0.15) is 0 Å². The lowest BCUT2D eigenvalue weighted by Crippen LogP contribution is -2.66. The summed E-state index contributed by atoms with van der Waals surface area (Å²) in [5, 5.41) is 45.4. The Morgan fingerprint density at radius 1 is 1.36 bits per heavy atom. The van der Waals surface area contributed by atoms with Crippen LogP contribution in [0.25, 0.3) is 0 Å². The minimum absolute atomic E-state index is 1.19. The van der Waals surface area contributed by atoms with Crippen LogP contribution >= 0.6 is 0 Å². The van der Waals surface area contributed by atoms with E-state index in [0.717, 1.165) is 0 Å². The number of carbonyl (C=O) groups is 1. The van der Waals surface area contributed by atoms with Crippen molar-refractivity contribution in [2.75, 3.05) is 0 Å². The third-order valence-electron chi connectivity index (χ3n) is 2.26. The number of carboxylic acid groups (broad SMARTS) is 1. The average Bonchev–Trinajstić information content (AvgIpc) is 2.08. The molecule has 4 atom stereocenters. The monoisotopic (exact) mass is 208 g/mol. The molecular formula is C7H12O7. The van der Waals surface area contributed by atoms with Crippen molar-refractivity contribution in [1.82, 2.24) is 0 Å². The van der Waals surface area contributed by atoms with Gasteiger partial charge in [-0.05, 0) is 6.92 Å². The van der Waals surface area contributed by atoms with Crippen molar-refractivity contribution < 1.29 is 35.1 Å². The largest absolute Gasteiger partial charge is 0.479 e. The molecule has 5 N–H and O–H groups in total. The first kappa shape index (κ1) is 11.3. The number of hydrogen-bond donors (Lipinski definition) is 5. The van der Waals surface area contributed by atoms with Crippen LogP contribution in [-0.4, -0.2) is 61.7 Å². The first-order chi connectivity index (χ1) is 6.28. The molecule has 82 valence electrons. The highest BCUT2D eigenvalue weighted by molar-refractivity contribution is 5.73. The molecule has 0 aromatic carbocycles. The standard InChI is InChI=1S/C7H12O7/c1-2-7(12,13)5(9)3(8)4(14-2)6(10)11/h2-5,8-9,12-13H,1H3,(H,10,11)/t2-,3?,4?,5?/m0/s1. The Morgan fingerprint density at radius 3 is 2.29 bits per heavy atom. The highest BCUT2D eigenvalue weighted by atomic mass is 16.6. The molecule has 0 radical (unpaired) electrons. The minimum atomic E-state index is -2.65. The number of carboxylic acids is 1. The predicted molar refractivity (Wildman–Crippen MR) is 41.2 cm³/mol. The van der Waals surface area contributed by atoms with Crippen molar-refractivity contribution in [2.24, 2.45) is 0 Å². The van der Waals surface area contributed by atoms with E-state index in [1.54, 1.807) is 0 Å². The lowest BCUT2D eigenvalue weighted by molar-refractivity contribution is -0.341. The molecule has 3 unspecified atom stereocenters. The zero-order valence-electron chi connectivity index (χ0n) is 7.36. The van der Waals surface area contributed by atoms with Gasteiger partial charge in [-0.1, -0.05) is 0 Å². The van der Waals surface area contributed by atoms with E-state index in [4.69, 9.17) is 5.11 Å². The van der Waals surface area contributed by atoms with Gasteiger partial charge in [0.2, 0.25) is 5.79 Å². The summed E-state index contributed by atoms with van der Waals surface area (Å²) >= 11 is 0. The molecule has 1 aliphatic rings. The topological polar surface area (TPSA) is 127 Å². The Hall–Kier alpha value is -0.730. The van der Waals surface area contributed by atoms with Crippen molar-refractivity contribution in [3.05, 3.63) is 0 Å². The second-order valence-electron chi connectivity index (χ2n) is 3.26. The van der Waals surface area contributed by atoms with Crippen molar-refractivity contribution in [1.29, 1.82) is 0 Å². The molecule has 1 rings (SSSR count). The van der Waals surface area contributed by atoms with Gasteiger partial charge in [0.15, 0.2) is 6.10 Å². The van der Waals surface area contributed by atoms with Crippen LogP contribution in [0.15, 0.2) is 0 Å². The van der Waals surface area contributed by atoms with Crippen LogP contribution < -0.4 is 0 Å². The van der Waals surface area contributed by atoms with Crippen LogP contribution in [-0.2, 0) is 9.53 Å². The normalized spacial score (nSPS) is 42.1. The molecule has 0 aromatic rings. The molecule has 0 saturated carbocycles. The first-order valence-corrected chi connectivity index (χ1v) is 3.97. The SMILES string of the molecule is C[C@@H]1OC(C(=O)O)C(O)C(O)C1(O)O. The third kappa shape index (κ3) is 1.60. The van der Waals surface area contributed by atoms with E-state index >= 15 is 0 Å². The molecular weight excluding hydrogens is 196 g/mol. The molecule has 1 heterocycles. The maximum atomic E-state index is 10.5.